The topological polar surface area (TPSA) is 42.0 Å². The van der Waals surface area contributed by atoms with Gasteiger partial charge in [-0.25, -0.2) is 9.37 Å². The van der Waals surface area contributed by atoms with E-state index in [1.807, 2.05) is 0 Å². The van der Waals surface area contributed by atoms with Crippen LogP contribution < -0.4 is 5.32 Å². The second-order valence-corrected chi connectivity index (χ2v) is 6.62. The molecule has 3 nitrogen and oxygen atoms in total. The van der Waals surface area contributed by atoms with E-state index in [9.17, 15) is 9.18 Å². The van der Waals surface area contributed by atoms with Gasteiger partial charge >= 0.3 is 0 Å². The summed E-state index contributed by atoms with van der Waals surface area (Å²) in [5.74, 6) is 0.475. The molecule has 0 bridgehead atoms. The minimum Gasteiger partial charge on any atom is -0.302 e. The third-order valence-corrected chi connectivity index (χ3v) is 4.82. The van der Waals surface area contributed by atoms with E-state index in [2.05, 4.69) is 17.2 Å². The van der Waals surface area contributed by atoms with Gasteiger partial charge in [-0.2, -0.15) is 0 Å². The number of thiazole rings is 1. The third kappa shape index (κ3) is 2.82. The Morgan fingerprint density at radius 2 is 2.30 bits per heavy atom. The molecule has 1 fully saturated rings. The minimum atomic E-state index is -0.278. The Morgan fingerprint density at radius 3 is 3.10 bits per heavy atom. The first-order valence-electron chi connectivity index (χ1n) is 6.99. The van der Waals surface area contributed by atoms with Crippen molar-refractivity contribution in [1.82, 2.24) is 4.98 Å². The van der Waals surface area contributed by atoms with Gasteiger partial charge in [-0.1, -0.05) is 31.1 Å². The third-order valence-electron chi connectivity index (χ3n) is 3.89. The summed E-state index contributed by atoms with van der Waals surface area (Å²) < 4.78 is 13.9. The lowest BCUT2D eigenvalue weighted by atomic mass is 9.82. The van der Waals surface area contributed by atoms with Crippen LogP contribution in [0.3, 0.4) is 0 Å². The van der Waals surface area contributed by atoms with E-state index in [1.165, 1.54) is 29.9 Å². The number of anilines is 1. The predicted octanol–water partition coefficient (Wildman–Crippen LogP) is 4.20. The number of fused-ring (bicyclic) bond motifs is 1. The Kier molecular flexibility index (Phi) is 3.70. The number of aromatic nitrogens is 1. The summed E-state index contributed by atoms with van der Waals surface area (Å²) in [4.78, 5) is 16.6. The maximum Gasteiger partial charge on any atom is 0.229 e. The van der Waals surface area contributed by atoms with Crippen LogP contribution in [-0.4, -0.2) is 10.9 Å². The molecule has 1 amide bonds. The largest absolute Gasteiger partial charge is 0.302 e. The molecule has 2 unspecified atom stereocenters. The number of hydrogen-bond acceptors (Lipinski definition) is 3. The first kappa shape index (κ1) is 13.5. The van der Waals surface area contributed by atoms with E-state index in [4.69, 9.17) is 0 Å². The van der Waals surface area contributed by atoms with Crippen molar-refractivity contribution in [2.75, 3.05) is 5.32 Å². The zero-order valence-electron chi connectivity index (χ0n) is 11.4. The van der Waals surface area contributed by atoms with Crippen molar-refractivity contribution in [3.63, 3.8) is 0 Å². The van der Waals surface area contributed by atoms with Gasteiger partial charge in [0, 0.05) is 5.92 Å². The first-order chi connectivity index (χ1) is 9.61. The molecule has 1 heterocycles. The maximum atomic E-state index is 13.1. The SMILES string of the molecule is CC1CCCC(C(=O)Nc2nc3ccc(F)cc3s2)C1. The molecule has 1 aromatic heterocycles. The standard InChI is InChI=1S/C15H17FN2OS/c1-9-3-2-4-10(7-9)14(19)18-15-17-12-6-5-11(16)8-13(12)20-15/h5-6,8-10H,2-4,7H2,1H3,(H,17,18,19). The highest BCUT2D eigenvalue weighted by atomic mass is 32.1. The Balaban J connectivity index is 1.73. The number of hydrogen-bond donors (Lipinski definition) is 1. The second kappa shape index (κ2) is 5.48. The normalized spacial score (nSPS) is 22.9. The number of amides is 1. The van der Waals surface area contributed by atoms with Crippen LogP contribution in [0.5, 0.6) is 0 Å². The molecule has 20 heavy (non-hydrogen) atoms. The molecule has 1 aliphatic carbocycles. The quantitative estimate of drug-likeness (QED) is 0.901. The fourth-order valence-electron chi connectivity index (χ4n) is 2.83. The van der Waals surface area contributed by atoms with Crippen LogP contribution in [0, 0.1) is 17.7 Å². The Morgan fingerprint density at radius 1 is 1.45 bits per heavy atom. The molecule has 0 spiro atoms. The van der Waals surface area contributed by atoms with Gasteiger partial charge in [0.05, 0.1) is 10.2 Å². The molecule has 1 N–H and O–H groups in total. The molecule has 2 atom stereocenters. The van der Waals surface area contributed by atoms with E-state index in [0.717, 1.165) is 29.5 Å². The summed E-state index contributed by atoms with van der Waals surface area (Å²) in [6.07, 6.45) is 4.23. The molecule has 1 saturated carbocycles. The highest BCUT2D eigenvalue weighted by Crippen LogP contribution is 2.31. The van der Waals surface area contributed by atoms with Gasteiger partial charge in [0.25, 0.3) is 0 Å². The Hall–Kier alpha value is -1.49. The molecule has 1 aliphatic rings. The summed E-state index contributed by atoms with van der Waals surface area (Å²) >= 11 is 1.32. The van der Waals surface area contributed by atoms with Crippen LogP contribution in [0.15, 0.2) is 18.2 Å². The lowest BCUT2D eigenvalue weighted by Gasteiger charge is -2.25. The van der Waals surface area contributed by atoms with Crippen molar-refractivity contribution in [2.24, 2.45) is 11.8 Å². The van der Waals surface area contributed by atoms with E-state index >= 15 is 0 Å². The van der Waals surface area contributed by atoms with Crippen LogP contribution >= 0.6 is 11.3 Å². The summed E-state index contributed by atoms with van der Waals surface area (Å²) in [5, 5.41) is 3.45. The highest BCUT2D eigenvalue weighted by molar-refractivity contribution is 7.22. The molecular formula is C15H17FN2OS. The van der Waals surface area contributed by atoms with Crippen molar-refractivity contribution in [1.29, 1.82) is 0 Å². The van der Waals surface area contributed by atoms with Crippen molar-refractivity contribution in [3.8, 4) is 0 Å². The number of benzene rings is 1. The molecule has 3 rings (SSSR count). The predicted molar refractivity (Wildman–Crippen MR) is 79.3 cm³/mol. The van der Waals surface area contributed by atoms with Crippen molar-refractivity contribution < 1.29 is 9.18 Å². The average Bonchev–Trinajstić information content (AvgIpc) is 2.80. The summed E-state index contributed by atoms with van der Waals surface area (Å²) in [6.45, 7) is 2.19. The van der Waals surface area contributed by atoms with Gasteiger partial charge in [0.15, 0.2) is 5.13 Å². The molecule has 0 saturated heterocycles. The monoisotopic (exact) mass is 292 g/mol. The molecule has 0 radical (unpaired) electrons. The van der Waals surface area contributed by atoms with Gasteiger partial charge < -0.3 is 5.32 Å². The number of nitrogens with zero attached hydrogens (tertiary/aromatic N) is 1. The lowest BCUT2D eigenvalue weighted by Crippen LogP contribution is -2.27. The van der Waals surface area contributed by atoms with Gasteiger partial charge in [-0.3, -0.25) is 4.79 Å². The van der Waals surface area contributed by atoms with Crippen molar-refractivity contribution in [2.45, 2.75) is 32.6 Å². The molecule has 2 aromatic rings. The van der Waals surface area contributed by atoms with Crippen molar-refractivity contribution in [3.05, 3.63) is 24.0 Å². The van der Waals surface area contributed by atoms with E-state index in [-0.39, 0.29) is 17.6 Å². The summed E-state index contributed by atoms with van der Waals surface area (Å²) in [7, 11) is 0. The van der Waals surface area contributed by atoms with Crippen LogP contribution in [0.1, 0.15) is 32.6 Å². The van der Waals surface area contributed by atoms with Crippen LogP contribution in [0.2, 0.25) is 0 Å². The fraction of sp³-hybridized carbons (Fsp3) is 0.467. The Bertz CT molecular complexity index is 640. The van der Waals surface area contributed by atoms with E-state index < -0.39 is 0 Å². The molecular weight excluding hydrogens is 275 g/mol. The van der Waals surface area contributed by atoms with Crippen LogP contribution in [-0.2, 0) is 4.79 Å². The number of nitrogens with one attached hydrogen (secondary N) is 1. The van der Waals surface area contributed by atoms with Gasteiger partial charge in [0.2, 0.25) is 5.91 Å². The maximum absolute atomic E-state index is 13.1. The molecule has 106 valence electrons. The first-order valence-corrected chi connectivity index (χ1v) is 7.80. The van der Waals surface area contributed by atoms with Gasteiger partial charge in [-0.05, 0) is 37.0 Å². The minimum absolute atomic E-state index is 0.0519. The van der Waals surface area contributed by atoms with E-state index in [0.29, 0.717) is 11.0 Å². The smallest absolute Gasteiger partial charge is 0.229 e. The molecule has 0 aliphatic heterocycles. The van der Waals surface area contributed by atoms with Gasteiger partial charge in [-0.15, -0.1) is 0 Å². The second-order valence-electron chi connectivity index (χ2n) is 5.59. The summed E-state index contributed by atoms with van der Waals surface area (Å²) in [5.41, 5.74) is 0.726. The fourth-order valence-corrected chi connectivity index (χ4v) is 3.73. The number of carbonyl (C=O) groups is 1. The van der Waals surface area contributed by atoms with Crippen molar-refractivity contribution >= 4 is 32.6 Å². The summed E-state index contributed by atoms with van der Waals surface area (Å²) in [6, 6.07) is 4.47. The highest BCUT2D eigenvalue weighted by Gasteiger charge is 2.25. The zero-order valence-corrected chi connectivity index (χ0v) is 12.2. The van der Waals surface area contributed by atoms with Crippen LogP contribution in [0.25, 0.3) is 10.2 Å². The van der Waals surface area contributed by atoms with Gasteiger partial charge in [0.1, 0.15) is 5.82 Å². The molecule has 5 heteroatoms. The van der Waals surface area contributed by atoms with Crippen LogP contribution in [0.4, 0.5) is 9.52 Å². The van der Waals surface area contributed by atoms with E-state index in [1.54, 1.807) is 6.07 Å². The lowest BCUT2D eigenvalue weighted by molar-refractivity contribution is -0.121. The number of halogens is 1. The molecule has 1 aromatic carbocycles. The number of rotatable bonds is 2. The Labute approximate surface area is 121 Å². The number of carbonyl (C=O) groups excluding carboxylic acids is 1. The zero-order chi connectivity index (χ0) is 14.1. The average molecular weight is 292 g/mol.